The summed E-state index contributed by atoms with van der Waals surface area (Å²) >= 11 is 0. The van der Waals surface area contributed by atoms with Crippen molar-refractivity contribution in [2.75, 3.05) is 25.6 Å². The molecule has 0 bridgehead atoms. The molecule has 3 fully saturated rings. The number of nitrogen functional groups attached to an aromatic ring is 1. The van der Waals surface area contributed by atoms with Crippen LogP contribution in [0.5, 0.6) is 0 Å². The Morgan fingerprint density at radius 3 is 1.89 bits per heavy atom. The second-order valence-electron chi connectivity index (χ2n) is 14.6. The predicted octanol–water partition coefficient (Wildman–Crippen LogP) is -3.27. The van der Waals surface area contributed by atoms with Crippen molar-refractivity contribution < 1.29 is 80.3 Å². The number of rotatable bonds is 16. The van der Waals surface area contributed by atoms with Gasteiger partial charge in [-0.15, -0.1) is 0 Å². The van der Waals surface area contributed by atoms with Gasteiger partial charge in [0, 0.05) is 36.4 Å². The normalized spacial score (nSPS) is 29.3. The van der Waals surface area contributed by atoms with E-state index >= 15 is 0 Å². The molecule has 0 radical (unpaired) electrons. The van der Waals surface area contributed by atoms with Crippen LogP contribution in [-0.4, -0.2) is 131 Å². The number of hydrogen-bond donors (Lipinski definition) is 10. The number of phosphoric ester groups is 3. The number of phosphoric acid groups is 3. The molecule has 352 valence electrons. The molecule has 3 saturated heterocycles. The van der Waals surface area contributed by atoms with Gasteiger partial charge in [0.05, 0.1) is 32.3 Å². The Hall–Kier alpha value is -4.36. The summed E-state index contributed by atoms with van der Waals surface area (Å²) in [6.07, 6.45) is -13.3. The number of nitrogens with one attached hydrogen (secondary N) is 3. The van der Waals surface area contributed by atoms with E-state index < -0.39 is 139 Å². The lowest BCUT2D eigenvalue weighted by Crippen LogP contribution is -2.36. The second-order valence-corrected chi connectivity index (χ2v) is 18.7. The van der Waals surface area contributed by atoms with Crippen molar-refractivity contribution in [1.29, 1.82) is 0 Å². The van der Waals surface area contributed by atoms with Gasteiger partial charge in [0.25, 0.3) is 16.7 Å². The number of anilines is 1. The van der Waals surface area contributed by atoms with Crippen molar-refractivity contribution in [3.05, 3.63) is 81.9 Å². The molecule has 4 aromatic heterocycles. The highest BCUT2D eigenvalue weighted by Gasteiger charge is 2.51. The largest absolute Gasteiger partial charge is 0.472 e. The molecule has 3 aliphatic heterocycles. The van der Waals surface area contributed by atoms with Crippen molar-refractivity contribution >= 4 is 40.6 Å². The van der Waals surface area contributed by atoms with E-state index in [2.05, 4.69) is 24.5 Å². The predicted molar refractivity (Wildman–Crippen MR) is 207 cm³/mol. The molecule has 4 aromatic rings. The zero-order chi connectivity index (χ0) is 46.6. The van der Waals surface area contributed by atoms with Crippen LogP contribution in [0.3, 0.4) is 0 Å². The molecular weight excluding hydrogens is 931 g/mol. The van der Waals surface area contributed by atoms with Gasteiger partial charge in [-0.05, 0) is 13.8 Å². The summed E-state index contributed by atoms with van der Waals surface area (Å²) in [5, 5.41) is 22.1. The molecule has 3 aliphatic rings. The van der Waals surface area contributed by atoms with Gasteiger partial charge in [-0.2, -0.15) is 4.98 Å². The van der Waals surface area contributed by atoms with Gasteiger partial charge < -0.3 is 49.7 Å². The number of aromatic nitrogens is 8. The molecule has 31 nitrogen and oxygen atoms in total. The zero-order valence-corrected chi connectivity index (χ0v) is 35.6. The van der Waals surface area contributed by atoms with Crippen LogP contribution in [0.1, 0.15) is 42.7 Å². The van der Waals surface area contributed by atoms with E-state index in [-0.39, 0.29) is 34.7 Å². The van der Waals surface area contributed by atoms with E-state index in [4.69, 9.17) is 38.0 Å². The molecule has 0 aromatic carbocycles. The van der Waals surface area contributed by atoms with Crippen LogP contribution >= 0.6 is 23.5 Å². The lowest BCUT2D eigenvalue weighted by atomic mass is 10.1. The Bertz CT molecular complexity index is 2850. The Balaban J connectivity index is 1.09. The van der Waals surface area contributed by atoms with Gasteiger partial charge in [0.2, 0.25) is 5.95 Å². The summed E-state index contributed by atoms with van der Waals surface area (Å²) in [4.78, 5) is 116. The first-order valence-corrected chi connectivity index (χ1v) is 23.1. The number of aliphatic hydroxyl groups excluding tert-OH is 2. The molecule has 11 N–H and O–H groups in total. The number of nitrogens with zero attached hydrogens (tertiary/aromatic N) is 5. The van der Waals surface area contributed by atoms with Gasteiger partial charge in [-0.3, -0.25) is 65.7 Å². The third-order valence-electron chi connectivity index (χ3n) is 10.1. The van der Waals surface area contributed by atoms with Gasteiger partial charge in [-0.1, -0.05) is 0 Å². The fraction of sp³-hybridized carbons (Fsp3) is 0.567. The summed E-state index contributed by atoms with van der Waals surface area (Å²) in [5.41, 5.74) is 1.36. The molecule has 0 amide bonds. The summed E-state index contributed by atoms with van der Waals surface area (Å²) in [6.45, 7) is -0.118. The summed E-state index contributed by atoms with van der Waals surface area (Å²) in [7, 11) is -15.9. The zero-order valence-electron chi connectivity index (χ0n) is 32.9. The number of fused-ring (bicyclic) bond motifs is 1. The van der Waals surface area contributed by atoms with Crippen molar-refractivity contribution in [2.24, 2.45) is 0 Å². The highest BCUT2D eigenvalue weighted by atomic mass is 31.2. The van der Waals surface area contributed by atoms with Gasteiger partial charge >= 0.3 is 34.8 Å². The maximum absolute atomic E-state index is 13.5. The van der Waals surface area contributed by atoms with Crippen LogP contribution in [0.4, 0.5) is 5.95 Å². The molecule has 0 saturated carbocycles. The quantitative estimate of drug-likeness (QED) is 0.0492. The number of aryl methyl sites for hydroxylation is 2. The molecule has 64 heavy (non-hydrogen) atoms. The van der Waals surface area contributed by atoms with Crippen molar-refractivity contribution in [3.63, 3.8) is 0 Å². The van der Waals surface area contributed by atoms with Crippen LogP contribution in [0.2, 0.25) is 0 Å². The summed E-state index contributed by atoms with van der Waals surface area (Å²) in [5.74, 6) is -0.381. The van der Waals surface area contributed by atoms with Crippen molar-refractivity contribution in [3.8, 4) is 0 Å². The number of aliphatic hydroxyl groups is 2. The lowest BCUT2D eigenvalue weighted by molar-refractivity contribution is -0.0613. The number of aromatic amines is 3. The van der Waals surface area contributed by atoms with E-state index in [1.807, 2.05) is 4.98 Å². The number of nitrogens with two attached hydrogens (primary N) is 1. The average Bonchev–Trinajstić information content (AvgIpc) is 3.96. The Morgan fingerprint density at radius 1 is 0.734 bits per heavy atom. The minimum absolute atomic E-state index is 0.0574. The summed E-state index contributed by atoms with van der Waals surface area (Å²) in [6, 6.07) is 0. The average molecular weight is 972 g/mol. The number of imidazole rings is 1. The first-order chi connectivity index (χ1) is 29.9. The molecule has 12 atom stereocenters. The Kier molecular flexibility index (Phi) is 13.5. The highest BCUT2D eigenvalue weighted by molar-refractivity contribution is 7.47. The molecule has 7 heterocycles. The van der Waals surface area contributed by atoms with Crippen LogP contribution in [0.15, 0.2) is 42.7 Å². The maximum atomic E-state index is 13.5. The van der Waals surface area contributed by atoms with Crippen LogP contribution < -0.4 is 33.8 Å². The number of hydrogen-bond acceptors (Lipinski definition) is 21. The van der Waals surface area contributed by atoms with Gasteiger partial charge in [-0.25, -0.2) is 28.3 Å². The van der Waals surface area contributed by atoms with Gasteiger partial charge in [0.15, 0.2) is 17.4 Å². The highest BCUT2D eigenvalue weighted by Crippen LogP contribution is 2.52. The molecule has 2 unspecified atom stereocenters. The third-order valence-corrected chi connectivity index (χ3v) is 12.5. The fourth-order valence-electron chi connectivity index (χ4n) is 7.00. The fourth-order valence-corrected chi connectivity index (χ4v) is 9.27. The molecule has 0 aliphatic carbocycles. The monoisotopic (exact) mass is 971 g/mol. The SMILES string of the molecule is Cc1cn([C@H]2C[C@H](OP(=O)(O)OC[C@H]3O[C@@H](n4cnc5c(=O)[nH]c(N)nc54)[C@H](O)[C@@H]3OP(=O)(O)OC[C@H]3O[C@@H](n4cc(C)c(=O)[nH]c4=O)C[C@@H]3O)[C@@H](COP(=O)(O)O)O2)c(=O)[nH]c1=O. The van der Waals surface area contributed by atoms with Crippen LogP contribution in [0.25, 0.3) is 11.2 Å². The molecule has 34 heteroatoms. The second kappa shape index (κ2) is 18.1. The minimum atomic E-state index is -5.38. The molecular formula is C30H40N9O22P3. The van der Waals surface area contributed by atoms with E-state index in [0.29, 0.717) is 0 Å². The third kappa shape index (κ3) is 10.5. The van der Waals surface area contributed by atoms with Crippen LogP contribution in [-0.2, 0) is 50.5 Å². The van der Waals surface area contributed by atoms with E-state index in [9.17, 15) is 67.5 Å². The Morgan fingerprint density at radius 2 is 1.28 bits per heavy atom. The molecule has 0 spiro atoms. The van der Waals surface area contributed by atoms with Gasteiger partial charge in [0.1, 0.15) is 49.1 Å². The number of H-pyrrole nitrogens is 3. The maximum Gasteiger partial charge on any atom is 0.472 e. The molecule has 7 rings (SSSR count). The van der Waals surface area contributed by atoms with E-state index in [1.165, 1.54) is 20.0 Å². The minimum Gasteiger partial charge on any atom is -0.390 e. The summed E-state index contributed by atoms with van der Waals surface area (Å²) < 4.78 is 83.9. The topological polar surface area (TPSA) is 446 Å². The van der Waals surface area contributed by atoms with Crippen LogP contribution in [0, 0.1) is 13.8 Å². The van der Waals surface area contributed by atoms with Crippen molar-refractivity contribution in [2.45, 2.75) is 88.1 Å². The Labute approximate surface area is 354 Å². The first-order valence-electron chi connectivity index (χ1n) is 18.6. The number of ether oxygens (including phenoxy) is 3. The van der Waals surface area contributed by atoms with E-state index in [1.54, 1.807) is 0 Å². The van der Waals surface area contributed by atoms with E-state index in [0.717, 1.165) is 26.2 Å². The first kappa shape index (κ1) is 47.6. The smallest absolute Gasteiger partial charge is 0.390 e. The standard InChI is InChI=1S/C30H40N9O22P3/c1-11-5-37(29(45)35-24(11)42)18-3-13(40)15(57-18)7-55-64(52,53)61-22-17(59-27(21(22)41)39-10-32-20-23(39)33-28(31)34-26(20)44)9-56-63(50,51)60-14-4-19(58-16(14)8-54-62(47,48)49)38-6-12(2)25(43)36-30(38)46/h5-6,10,13-19,21-22,27,40-41H,3-4,7-9H2,1-2H3,(H,50,51)(H,52,53)(H,35,42,45)(H,36,43,46)(H2,47,48,49)(H3,31,33,34,44)/t13-,14-,15+,16+,17+,18+,19+,21+,22+,27+/m0/s1. The lowest BCUT2D eigenvalue weighted by Gasteiger charge is -2.25. The van der Waals surface area contributed by atoms with Crippen molar-refractivity contribution in [1.82, 2.24) is 38.6 Å².